The van der Waals surface area contributed by atoms with Gasteiger partial charge in [0.1, 0.15) is 5.82 Å². The van der Waals surface area contributed by atoms with E-state index in [-0.39, 0.29) is 0 Å². The van der Waals surface area contributed by atoms with Crippen LogP contribution in [0.1, 0.15) is 30.5 Å². The van der Waals surface area contributed by atoms with E-state index < -0.39 is 0 Å². The molecule has 0 spiro atoms. The maximum atomic E-state index is 5.35. The standard InChI is InChI=1S/C17H17N5OS/c1-2-10-22-16(13-8-9-13)19-20-17(22)24-11-14-18-15(21-23-14)12-6-4-3-5-7-12/h2-7,13H,1,8-11H2. The van der Waals surface area contributed by atoms with Crippen LogP contribution in [0.5, 0.6) is 0 Å². The van der Waals surface area contributed by atoms with Gasteiger partial charge in [-0.15, -0.1) is 16.8 Å². The summed E-state index contributed by atoms with van der Waals surface area (Å²) < 4.78 is 7.48. The molecule has 0 saturated heterocycles. The zero-order valence-electron chi connectivity index (χ0n) is 13.1. The Morgan fingerprint density at radius 3 is 2.83 bits per heavy atom. The first-order valence-corrected chi connectivity index (χ1v) is 8.88. The molecule has 6 nitrogen and oxygen atoms in total. The van der Waals surface area contributed by atoms with Gasteiger partial charge in [-0.2, -0.15) is 4.98 Å². The normalized spacial score (nSPS) is 14.0. The summed E-state index contributed by atoms with van der Waals surface area (Å²) >= 11 is 1.56. The third-order valence-corrected chi connectivity index (χ3v) is 4.78. The maximum Gasteiger partial charge on any atom is 0.237 e. The van der Waals surface area contributed by atoms with Gasteiger partial charge in [-0.25, -0.2) is 0 Å². The van der Waals surface area contributed by atoms with E-state index in [1.54, 1.807) is 11.8 Å². The molecule has 1 aliphatic rings. The molecule has 0 unspecified atom stereocenters. The van der Waals surface area contributed by atoms with Crippen molar-refractivity contribution in [1.82, 2.24) is 24.9 Å². The molecule has 1 aliphatic carbocycles. The Hall–Kier alpha value is -2.41. The Labute approximate surface area is 144 Å². The van der Waals surface area contributed by atoms with E-state index in [0.717, 1.165) is 23.1 Å². The molecule has 2 heterocycles. The van der Waals surface area contributed by atoms with E-state index in [2.05, 4.69) is 31.5 Å². The van der Waals surface area contributed by atoms with E-state index in [9.17, 15) is 0 Å². The molecule has 4 rings (SSSR count). The van der Waals surface area contributed by atoms with Crippen molar-refractivity contribution in [3.8, 4) is 11.4 Å². The van der Waals surface area contributed by atoms with Gasteiger partial charge in [0.25, 0.3) is 0 Å². The van der Waals surface area contributed by atoms with E-state index >= 15 is 0 Å². The molecule has 0 aliphatic heterocycles. The van der Waals surface area contributed by atoms with Crippen molar-refractivity contribution in [2.75, 3.05) is 0 Å². The number of rotatable bonds is 7. The van der Waals surface area contributed by atoms with E-state index in [4.69, 9.17) is 4.52 Å². The molecule has 7 heteroatoms. The number of hydrogen-bond acceptors (Lipinski definition) is 6. The number of benzene rings is 1. The Morgan fingerprint density at radius 2 is 2.08 bits per heavy atom. The molecule has 0 bridgehead atoms. The molecular weight excluding hydrogens is 322 g/mol. The van der Waals surface area contributed by atoms with Crippen molar-refractivity contribution in [2.45, 2.75) is 36.2 Å². The van der Waals surface area contributed by atoms with Crippen molar-refractivity contribution in [3.63, 3.8) is 0 Å². The molecule has 0 atom stereocenters. The number of hydrogen-bond donors (Lipinski definition) is 0. The smallest absolute Gasteiger partial charge is 0.237 e. The maximum absolute atomic E-state index is 5.35. The highest BCUT2D eigenvalue weighted by molar-refractivity contribution is 7.98. The average molecular weight is 339 g/mol. The van der Waals surface area contributed by atoms with Gasteiger partial charge in [0.05, 0.1) is 5.75 Å². The molecule has 1 saturated carbocycles. The largest absolute Gasteiger partial charge is 0.338 e. The molecule has 24 heavy (non-hydrogen) atoms. The van der Waals surface area contributed by atoms with Crippen molar-refractivity contribution < 1.29 is 4.52 Å². The molecular formula is C17H17N5OS. The van der Waals surface area contributed by atoms with Crippen LogP contribution >= 0.6 is 11.8 Å². The summed E-state index contributed by atoms with van der Waals surface area (Å²) in [6.45, 7) is 4.55. The van der Waals surface area contributed by atoms with Crippen LogP contribution in [0.4, 0.5) is 0 Å². The molecule has 0 amide bonds. The molecule has 2 aromatic heterocycles. The lowest BCUT2D eigenvalue weighted by atomic mass is 10.2. The zero-order valence-corrected chi connectivity index (χ0v) is 13.9. The minimum Gasteiger partial charge on any atom is -0.338 e. The molecule has 122 valence electrons. The highest BCUT2D eigenvalue weighted by Gasteiger charge is 2.30. The highest BCUT2D eigenvalue weighted by Crippen LogP contribution is 2.40. The van der Waals surface area contributed by atoms with Gasteiger partial charge in [0.15, 0.2) is 5.16 Å². The molecule has 1 aromatic carbocycles. The summed E-state index contributed by atoms with van der Waals surface area (Å²) in [5.74, 6) is 3.38. The number of nitrogens with zero attached hydrogens (tertiary/aromatic N) is 5. The fourth-order valence-corrected chi connectivity index (χ4v) is 3.29. The monoisotopic (exact) mass is 339 g/mol. The van der Waals surface area contributed by atoms with Gasteiger partial charge in [-0.1, -0.05) is 53.3 Å². The minimum absolute atomic E-state index is 0.555. The lowest BCUT2D eigenvalue weighted by Crippen LogP contribution is -2.02. The van der Waals surface area contributed by atoms with E-state index in [1.807, 2.05) is 36.4 Å². The number of aromatic nitrogens is 5. The lowest BCUT2D eigenvalue weighted by molar-refractivity contribution is 0.391. The summed E-state index contributed by atoms with van der Waals surface area (Å²) in [5, 5.41) is 13.6. The van der Waals surface area contributed by atoms with Crippen LogP contribution in [0.2, 0.25) is 0 Å². The lowest BCUT2D eigenvalue weighted by Gasteiger charge is -2.05. The van der Waals surface area contributed by atoms with Gasteiger partial charge in [-0.3, -0.25) is 0 Å². The quantitative estimate of drug-likeness (QED) is 0.483. The fourth-order valence-electron chi connectivity index (χ4n) is 2.50. The minimum atomic E-state index is 0.555. The number of thioether (sulfide) groups is 1. The first-order chi connectivity index (χ1) is 11.8. The van der Waals surface area contributed by atoms with Crippen LogP contribution in [0.15, 0.2) is 52.7 Å². The summed E-state index contributed by atoms with van der Waals surface area (Å²) in [6, 6.07) is 9.80. The van der Waals surface area contributed by atoms with Crippen molar-refractivity contribution in [1.29, 1.82) is 0 Å². The van der Waals surface area contributed by atoms with E-state index in [0.29, 0.717) is 23.4 Å². The topological polar surface area (TPSA) is 69.6 Å². The second-order valence-electron chi connectivity index (χ2n) is 5.68. The predicted molar refractivity (Wildman–Crippen MR) is 91.5 cm³/mol. The van der Waals surface area contributed by atoms with Crippen LogP contribution in [0.3, 0.4) is 0 Å². The second kappa shape index (κ2) is 6.60. The van der Waals surface area contributed by atoms with Gasteiger partial charge in [0, 0.05) is 18.0 Å². The summed E-state index contributed by atoms with van der Waals surface area (Å²) in [7, 11) is 0. The van der Waals surface area contributed by atoms with Crippen LogP contribution in [-0.2, 0) is 12.3 Å². The van der Waals surface area contributed by atoms with Crippen LogP contribution < -0.4 is 0 Å². The Kier molecular flexibility index (Phi) is 4.17. The molecule has 0 N–H and O–H groups in total. The van der Waals surface area contributed by atoms with Crippen LogP contribution in [0.25, 0.3) is 11.4 Å². The Bertz CT molecular complexity index is 838. The fraction of sp³-hybridized carbons (Fsp3) is 0.294. The zero-order chi connectivity index (χ0) is 16.4. The summed E-state index contributed by atoms with van der Waals surface area (Å²) in [5.41, 5.74) is 0.948. The predicted octanol–water partition coefficient (Wildman–Crippen LogP) is 3.68. The van der Waals surface area contributed by atoms with E-state index in [1.165, 1.54) is 12.8 Å². The number of allylic oxidation sites excluding steroid dienone is 1. The highest BCUT2D eigenvalue weighted by atomic mass is 32.2. The Morgan fingerprint density at radius 1 is 1.25 bits per heavy atom. The summed E-state index contributed by atoms with van der Waals surface area (Å²) in [4.78, 5) is 4.45. The SMILES string of the molecule is C=CCn1c(SCc2nc(-c3ccccc3)no2)nnc1C1CC1. The van der Waals surface area contributed by atoms with Gasteiger partial charge < -0.3 is 9.09 Å². The molecule has 3 aromatic rings. The molecule has 0 radical (unpaired) electrons. The van der Waals surface area contributed by atoms with Crippen molar-refractivity contribution in [3.05, 3.63) is 54.7 Å². The van der Waals surface area contributed by atoms with Crippen LogP contribution in [-0.4, -0.2) is 24.9 Å². The van der Waals surface area contributed by atoms with Crippen LogP contribution in [0, 0.1) is 0 Å². The second-order valence-corrected chi connectivity index (χ2v) is 6.62. The van der Waals surface area contributed by atoms with Crippen molar-refractivity contribution in [2.24, 2.45) is 0 Å². The summed E-state index contributed by atoms with van der Waals surface area (Å²) in [6.07, 6.45) is 4.27. The van der Waals surface area contributed by atoms with Gasteiger partial charge >= 0.3 is 0 Å². The average Bonchev–Trinajstić information content (AvgIpc) is 3.21. The first-order valence-electron chi connectivity index (χ1n) is 7.90. The molecule has 1 fully saturated rings. The first kappa shape index (κ1) is 15.1. The van der Waals surface area contributed by atoms with Gasteiger partial charge in [0.2, 0.25) is 11.7 Å². The third-order valence-electron chi connectivity index (χ3n) is 3.82. The van der Waals surface area contributed by atoms with Gasteiger partial charge in [-0.05, 0) is 12.8 Å². The Balaban J connectivity index is 1.47. The third kappa shape index (κ3) is 3.12. The van der Waals surface area contributed by atoms with Crippen molar-refractivity contribution >= 4 is 11.8 Å².